The molecular weight excluding hydrogens is 451 g/mol. The molecule has 0 saturated carbocycles. The second kappa shape index (κ2) is 8.33. The molecule has 0 unspecified atom stereocenters. The quantitative estimate of drug-likeness (QED) is 0.472. The van der Waals surface area contributed by atoms with E-state index < -0.39 is 21.6 Å². The van der Waals surface area contributed by atoms with Gasteiger partial charge in [-0.25, -0.2) is 22.8 Å². The first-order valence-electron chi connectivity index (χ1n) is 9.35. The maximum Gasteiger partial charge on any atom is 0.257 e. The maximum absolute atomic E-state index is 14.0. The van der Waals surface area contributed by atoms with E-state index in [-0.39, 0.29) is 27.8 Å². The topological polar surface area (TPSA) is 135 Å². The number of hydrogen-bond donors (Lipinski definition) is 1. The Labute approximate surface area is 187 Å². The lowest BCUT2D eigenvalue weighted by atomic mass is 10.2. The number of anilines is 1. The number of nitrogens with one attached hydrogen (secondary N) is 1. The van der Waals surface area contributed by atoms with Gasteiger partial charge in [-0.05, 0) is 42.5 Å². The number of benzene rings is 2. The van der Waals surface area contributed by atoms with Crippen LogP contribution in [-0.2, 0) is 9.84 Å². The second-order valence-electron chi connectivity index (χ2n) is 6.95. The lowest BCUT2D eigenvalue weighted by molar-refractivity contribution is 0.102. The minimum Gasteiger partial charge on any atom is -0.494 e. The summed E-state index contributed by atoms with van der Waals surface area (Å²) in [6.45, 7) is 0. The molecule has 0 aliphatic heterocycles. The van der Waals surface area contributed by atoms with Crippen molar-refractivity contribution in [2.75, 3.05) is 18.7 Å². The second-order valence-corrected chi connectivity index (χ2v) is 8.94. The molecule has 0 aliphatic rings. The predicted molar refractivity (Wildman–Crippen MR) is 116 cm³/mol. The largest absolute Gasteiger partial charge is 0.494 e. The number of rotatable bonds is 5. The number of oxazole rings is 1. The molecule has 0 radical (unpaired) electrons. The summed E-state index contributed by atoms with van der Waals surface area (Å²) in [7, 11) is -2.41. The molecule has 33 heavy (non-hydrogen) atoms. The molecule has 0 spiro atoms. The van der Waals surface area contributed by atoms with Gasteiger partial charge in [0.25, 0.3) is 5.91 Å². The van der Waals surface area contributed by atoms with E-state index in [0.717, 1.165) is 18.5 Å². The number of fused-ring (bicyclic) bond motifs is 1. The standard InChI is InChI=1S/C22H15FN4O5S/c1-31-18-5-3-12(7-16(18)23)22-27-17-9-13(4-6-19(17)32-22)26-21(28)15-8-14(10-24)25-11-20(15)33(2,29)30/h3-9,11H,1-2H3,(H,26,28). The Balaban J connectivity index is 1.66. The van der Waals surface area contributed by atoms with Crippen LogP contribution in [0.25, 0.3) is 22.6 Å². The van der Waals surface area contributed by atoms with Crippen molar-refractivity contribution in [3.05, 3.63) is 65.7 Å². The molecule has 0 aliphatic carbocycles. The smallest absolute Gasteiger partial charge is 0.257 e. The van der Waals surface area contributed by atoms with Crippen LogP contribution in [0.3, 0.4) is 0 Å². The van der Waals surface area contributed by atoms with E-state index >= 15 is 0 Å². The van der Waals surface area contributed by atoms with E-state index in [9.17, 15) is 17.6 Å². The van der Waals surface area contributed by atoms with Gasteiger partial charge in [-0.2, -0.15) is 5.26 Å². The van der Waals surface area contributed by atoms with E-state index in [1.807, 2.05) is 0 Å². The molecule has 1 N–H and O–H groups in total. The average molecular weight is 466 g/mol. The third-order valence-electron chi connectivity index (χ3n) is 4.67. The summed E-state index contributed by atoms with van der Waals surface area (Å²) in [4.78, 5) is 20.6. The predicted octanol–water partition coefficient (Wildman–Crippen LogP) is 3.56. The van der Waals surface area contributed by atoms with Crippen LogP contribution >= 0.6 is 0 Å². The molecule has 2 heterocycles. The molecule has 166 valence electrons. The van der Waals surface area contributed by atoms with Gasteiger partial charge in [0.2, 0.25) is 5.89 Å². The third kappa shape index (κ3) is 4.37. The van der Waals surface area contributed by atoms with Gasteiger partial charge >= 0.3 is 0 Å². The van der Waals surface area contributed by atoms with Gasteiger partial charge in [0.05, 0.1) is 17.6 Å². The van der Waals surface area contributed by atoms with Gasteiger partial charge in [0, 0.05) is 23.7 Å². The van der Waals surface area contributed by atoms with E-state index in [4.69, 9.17) is 14.4 Å². The first kappa shape index (κ1) is 21.9. The van der Waals surface area contributed by atoms with Gasteiger partial charge in [0.1, 0.15) is 17.3 Å². The Morgan fingerprint density at radius 1 is 1.21 bits per heavy atom. The first-order valence-corrected chi connectivity index (χ1v) is 11.2. The molecule has 2 aromatic carbocycles. The van der Waals surface area contributed by atoms with Gasteiger partial charge < -0.3 is 14.5 Å². The van der Waals surface area contributed by atoms with Crippen molar-refractivity contribution in [2.45, 2.75) is 4.90 Å². The highest BCUT2D eigenvalue weighted by Gasteiger charge is 2.21. The van der Waals surface area contributed by atoms with Gasteiger partial charge in [-0.3, -0.25) is 4.79 Å². The molecule has 4 aromatic rings. The fourth-order valence-corrected chi connectivity index (χ4v) is 3.90. The highest BCUT2D eigenvalue weighted by Crippen LogP contribution is 2.29. The maximum atomic E-state index is 14.0. The summed E-state index contributed by atoms with van der Waals surface area (Å²) < 4.78 is 48.6. The zero-order chi connectivity index (χ0) is 23.8. The van der Waals surface area contributed by atoms with Crippen LogP contribution in [0, 0.1) is 17.1 Å². The van der Waals surface area contributed by atoms with Gasteiger partial charge in [-0.1, -0.05) is 0 Å². The van der Waals surface area contributed by atoms with Gasteiger partial charge in [-0.15, -0.1) is 0 Å². The number of methoxy groups -OCH3 is 1. The van der Waals surface area contributed by atoms with E-state index in [2.05, 4.69) is 15.3 Å². The Morgan fingerprint density at radius 3 is 2.67 bits per heavy atom. The molecule has 4 rings (SSSR count). The lowest BCUT2D eigenvalue weighted by Gasteiger charge is -2.09. The molecule has 11 heteroatoms. The highest BCUT2D eigenvalue weighted by atomic mass is 32.2. The normalized spacial score (nSPS) is 11.2. The van der Waals surface area contributed by atoms with Crippen molar-refractivity contribution in [3.63, 3.8) is 0 Å². The number of carbonyl (C=O) groups excluding carboxylic acids is 1. The first-order chi connectivity index (χ1) is 15.7. The van der Waals surface area contributed by atoms with Crippen molar-refractivity contribution in [1.82, 2.24) is 9.97 Å². The number of sulfone groups is 1. The third-order valence-corrected chi connectivity index (χ3v) is 5.79. The van der Waals surface area contributed by atoms with Crippen LogP contribution in [0.2, 0.25) is 0 Å². The van der Waals surface area contributed by atoms with E-state index in [1.54, 1.807) is 18.2 Å². The van der Waals surface area contributed by atoms with Crippen molar-refractivity contribution in [1.29, 1.82) is 5.26 Å². The number of ether oxygens (including phenoxy) is 1. The van der Waals surface area contributed by atoms with Crippen LogP contribution in [0.1, 0.15) is 16.1 Å². The molecular formula is C22H15FN4O5S. The number of amides is 1. The van der Waals surface area contributed by atoms with Gasteiger partial charge in [0.15, 0.2) is 27.0 Å². The Morgan fingerprint density at radius 2 is 2.00 bits per heavy atom. The highest BCUT2D eigenvalue weighted by molar-refractivity contribution is 7.90. The summed E-state index contributed by atoms with van der Waals surface area (Å²) in [5.74, 6) is -1.05. The lowest BCUT2D eigenvalue weighted by Crippen LogP contribution is -2.17. The molecule has 0 atom stereocenters. The monoisotopic (exact) mass is 466 g/mol. The Hall–Kier alpha value is -4.30. The number of halogens is 1. The van der Waals surface area contributed by atoms with Crippen molar-refractivity contribution in [3.8, 4) is 23.3 Å². The number of carbonyl (C=O) groups is 1. The SMILES string of the molecule is COc1ccc(-c2nc3cc(NC(=O)c4cc(C#N)ncc4S(C)(=O)=O)ccc3o2)cc1F. The van der Waals surface area contributed by atoms with E-state index in [1.165, 1.54) is 31.4 Å². The van der Waals surface area contributed by atoms with Crippen LogP contribution < -0.4 is 10.1 Å². The number of hydrogen-bond acceptors (Lipinski definition) is 8. The summed E-state index contributed by atoms with van der Waals surface area (Å²) >= 11 is 0. The molecule has 9 nitrogen and oxygen atoms in total. The summed E-state index contributed by atoms with van der Waals surface area (Å²) in [5, 5.41) is 11.6. The van der Waals surface area contributed by atoms with Crippen LogP contribution in [-0.4, -0.2) is 37.7 Å². The fraction of sp³-hybridized carbons (Fsp3) is 0.0909. The van der Waals surface area contributed by atoms with Crippen LogP contribution in [0.15, 0.2) is 58.0 Å². The average Bonchev–Trinajstić information content (AvgIpc) is 3.21. The number of nitrogens with zero attached hydrogens (tertiary/aromatic N) is 3. The molecule has 0 saturated heterocycles. The van der Waals surface area contributed by atoms with Crippen LogP contribution in [0.5, 0.6) is 5.75 Å². The van der Waals surface area contributed by atoms with Crippen molar-refractivity contribution < 1.29 is 26.8 Å². The zero-order valence-electron chi connectivity index (χ0n) is 17.3. The van der Waals surface area contributed by atoms with Crippen LogP contribution in [0.4, 0.5) is 10.1 Å². The summed E-state index contributed by atoms with van der Waals surface area (Å²) in [5.41, 5.74) is 1.17. The molecule has 2 aromatic heterocycles. The van der Waals surface area contributed by atoms with Crippen molar-refractivity contribution in [2.24, 2.45) is 0 Å². The van der Waals surface area contributed by atoms with Crippen molar-refractivity contribution >= 4 is 32.5 Å². The molecule has 1 amide bonds. The molecule has 0 bridgehead atoms. The zero-order valence-corrected chi connectivity index (χ0v) is 18.1. The summed E-state index contributed by atoms with van der Waals surface area (Å²) in [6.07, 6.45) is 1.92. The minimum atomic E-state index is -3.77. The Bertz CT molecular complexity index is 1560. The number of pyridine rings is 1. The number of aromatic nitrogens is 2. The fourth-order valence-electron chi connectivity index (χ4n) is 3.10. The van der Waals surface area contributed by atoms with E-state index in [0.29, 0.717) is 22.4 Å². The number of nitriles is 1. The minimum absolute atomic E-state index is 0.0870. The molecule has 0 fully saturated rings. The Kier molecular flexibility index (Phi) is 5.53. The summed E-state index contributed by atoms with van der Waals surface area (Å²) in [6, 6.07) is 11.8.